The zero-order valence-electron chi connectivity index (χ0n) is 11.7. The van der Waals surface area contributed by atoms with Gasteiger partial charge >= 0.3 is 5.97 Å². The Kier molecular flexibility index (Phi) is 5.05. The van der Waals surface area contributed by atoms with Gasteiger partial charge in [0.1, 0.15) is 6.61 Å². The molecular weight excluding hydrogens is 326 g/mol. The number of benzene rings is 2. The van der Waals surface area contributed by atoms with E-state index in [2.05, 4.69) is 4.72 Å². The summed E-state index contributed by atoms with van der Waals surface area (Å²) in [6.07, 6.45) is 1.04. The number of nitrogens with one attached hydrogen (secondary N) is 1. The molecule has 0 aliphatic carbocycles. The smallest absolute Gasteiger partial charge is 0.338 e. The van der Waals surface area contributed by atoms with Crippen molar-refractivity contribution >= 4 is 33.3 Å². The molecule has 0 aromatic heterocycles. The second kappa shape index (κ2) is 6.81. The molecule has 0 atom stereocenters. The van der Waals surface area contributed by atoms with Gasteiger partial charge in [-0.2, -0.15) is 0 Å². The average molecular weight is 340 g/mol. The van der Waals surface area contributed by atoms with Crippen molar-refractivity contribution in [3.63, 3.8) is 0 Å². The van der Waals surface area contributed by atoms with E-state index in [1.165, 1.54) is 6.07 Å². The lowest BCUT2D eigenvalue weighted by molar-refractivity contribution is 0.0473. The average Bonchev–Trinajstić information content (AvgIpc) is 2.43. The van der Waals surface area contributed by atoms with Crippen LogP contribution in [0.3, 0.4) is 0 Å². The van der Waals surface area contributed by atoms with Gasteiger partial charge in [-0.05, 0) is 35.9 Å². The predicted octanol–water partition coefficient (Wildman–Crippen LogP) is 3.07. The molecule has 7 heteroatoms. The summed E-state index contributed by atoms with van der Waals surface area (Å²) >= 11 is 5.85. The molecule has 0 aliphatic rings. The normalized spacial score (nSPS) is 11.0. The van der Waals surface area contributed by atoms with Crippen LogP contribution in [0.25, 0.3) is 0 Å². The van der Waals surface area contributed by atoms with Crippen LogP contribution < -0.4 is 4.72 Å². The minimum Gasteiger partial charge on any atom is -0.457 e. The van der Waals surface area contributed by atoms with Crippen molar-refractivity contribution in [1.82, 2.24) is 0 Å². The number of anilines is 1. The Morgan fingerprint density at radius 2 is 1.91 bits per heavy atom. The molecule has 0 fully saturated rings. The van der Waals surface area contributed by atoms with Gasteiger partial charge in [-0.1, -0.05) is 29.8 Å². The molecule has 1 N–H and O–H groups in total. The first-order valence-corrected chi connectivity index (χ1v) is 8.60. The van der Waals surface area contributed by atoms with Crippen LogP contribution in [0.5, 0.6) is 0 Å². The van der Waals surface area contributed by atoms with E-state index in [4.69, 9.17) is 16.3 Å². The highest BCUT2D eigenvalue weighted by molar-refractivity contribution is 7.92. The highest BCUT2D eigenvalue weighted by atomic mass is 35.5. The number of halogens is 1. The Labute approximate surface area is 133 Å². The van der Waals surface area contributed by atoms with Crippen LogP contribution in [-0.2, 0) is 21.4 Å². The molecule has 22 heavy (non-hydrogen) atoms. The van der Waals surface area contributed by atoms with Gasteiger partial charge < -0.3 is 4.74 Å². The molecule has 0 radical (unpaired) electrons. The number of ether oxygens (including phenoxy) is 1. The number of hydrogen-bond acceptors (Lipinski definition) is 4. The van der Waals surface area contributed by atoms with Crippen LogP contribution in [0, 0.1) is 0 Å². The van der Waals surface area contributed by atoms with E-state index in [-0.39, 0.29) is 12.2 Å². The highest BCUT2D eigenvalue weighted by Gasteiger charge is 2.10. The number of sulfonamides is 1. The summed E-state index contributed by atoms with van der Waals surface area (Å²) in [4.78, 5) is 12.0. The van der Waals surface area contributed by atoms with Crippen LogP contribution in [0.4, 0.5) is 5.69 Å². The Hall–Kier alpha value is -2.05. The van der Waals surface area contributed by atoms with Crippen LogP contribution in [0.15, 0.2) is 48.5 Å². The first-order valence-electron chi connectivity index (χ1n) is 6.33. The molecule has 0 saturated carbocycles. The Morgan fingerprint density at radius 3 is 2.59 bits per heavy atom. The summed E-state index contributed by atoms with van der Waals surface area (Å²) in [5.74, 6) is -0.544. The van der Waals surface area contributed by atoms with Gasteiger partial charge in [0, 0.05) is 10.7 Å². The number of esters is 1. The maximum Gasteiger partial charge on any atom is 0.338 e. The van der Waals surface area contributed by atoms with E-state index < -0.39 is 16.0 Å². The fraction of sp³-hybridized carbons (Fsp3) is 0.133. The molecule has 0 aliphatic heterocycles. The number of hydrogen-bond donors (Lipinski definition) is 1. The van der Waals surface area contributed by atoms with E-state index in [1.54, 1.807) is 42.5 Å². The van der Waals surface area contributed by atoms with Gasteiger partial charge in [0.2, 0.25) is 10.0 Å². The van der Waals surface area contributed by atoms with Gasteiger partial charge in [0.15, 0.2) is 0 Å². The van der Waals surface area contributed by atoms with Crippen molar-refractivity contribution in [3.05, 3.63) is 64.7 Å². The molecule has 0 unspecified atom stereocenters. The minimum atomic E-state index is -3.40. The first-order chi connectivity index (χ1) is 10.3. The standard InChI is InChI=1S/C15H14ClNO4S/c1-22(19,20)17-14-7-3-5-12(9-14)15(18)21-10-11-4-2-6-13(16)8-11/h2-9,17H,10H2,1H3. The van der Waals surface area contributed by atoms with Gasteiger partial charge in [-0.25, -0.2) is 13.2 Å². The van der Waals surface area contributed by atoms with Crippen LogP contribution >= 0.6 is 11.6 Å². The van der Waals surface area contributed by atoms with E-state index in [0.717, 1.165) is 11.8 Å². The molecule has 0 amide bonds. The molecule has 0 bridgehead atoms. The molecule has 0 saturated heterocycles. The summed E-state index contributed by atoms with van der Waals surface area (Å²) in [5.41, 5.74) is 1.33. The van der Waals surface area contributed by atoms with Crippen molar-refractivity contribution in [2.24, 2.45) is 0 Å². The van der Waals surface area contributed by atoms with Gasteiger partial charge in [0.05, 0.1) is 11.8 Å². The molecule has 0 heterocycles. The van der Waals surface area contributed by atoms with Crippen molar-refractivity contribution in [2.75, 3.05) is 11.0 Å². The third-order valence-electron chi connectivity index (χ3n) is 2.66. The molecular formula is C15H14ClNO4S. The second-order valence-electron chi connectivity index (χ2n) is 4.66. The van der Waals surface area contributed by atoms with Gasteiger partial charge in [-0.3, -0.25) is 4.72 Å². The maximum absolute atomic E-state index is 12.0. The monoisotopic (exact) mass is 339 g/mol. The Bertz CT molecular complexity index is 790. The lowest BCUT2D eigenvalue weighted by Gasteiger charge is -2.08. The Balaban J connectivity index is 2.05. The quantitative estimate of drug-likeness (QED) is 0.850. The fourth-order valence-corrected chi connectivity index (χ4v) is 2.55. The van der Waals surface area contributed by atoms with Crippen LogP contribution in [0.2, 0.25) is 5.02 Å². The van der Waals surface area contributed by atoms with E-state index >= 15 is 0 Å². The molecule has 2 aromatic rings. The second-order valence-corrected chi connectivity index (χ2v) is 6.85. The van der Waals surface area contributed by atoms with Crippen LogP contribution in [-0.4, -0.2) is 20.6 Å². The minimum absolute atomic E-state index is 0.0864. The number of carbonyl (C=O) groups is 1. The molecule has 2 rings (SSSR count). The first kappa shape index (κ1) is 16.3. The van der Waals surface area contributed by atoms with E-state index in [9.17, 15) is 13.2 Å². The topological polar surface area (TPSA) is 72.5 Å². The Morgan fingerprint density at radius 1 is 1.18 bits per heavy atom. The van der Waals surface area contributed by atoms with Gasteiger partial charge in [-0.15, -0.1) is 0 Å². The zero-order chi connectivity index (χ0) is 16.2. The van der Waals surface area contributed by atoms with E-state index in [0.29, 0.717) is 10.7 Å². The summed E-state index contributed by atoms with van der Waals surface area (Å²) in [6, 6.07) is 13.1. The fourth-order valence-electron chi connectivity index (χ4n) is 1.78. The SMILES string of the molecule is CS(=O)(=O)Nc1cccc(C(=O)OCc2cccc(Cl)c2)c1. The van der Waals surface area contributed by atoms with Crippen molar-refractivity contribution in [1.29, 1.82) is 0 Å². The summed E-state index contributed by atoms with van der Waals surface area (Å²) in [5, 5.41) is 0.563. The van der Waals surface area contributed by atoms with Crippen LogP contribution in [0.1, 0.15) is 15.9 Å². The van der Waals surface area contributed by atoms with Crippen molar-refractivity contribution in [3.8, 4) is 0 Å². The molecule has 0 spiro atoms. The third kappa shape index (κ3) is 5.05. The summed E-state index contributed by atoms with van der Waals surface area (Å²) in [7, 11) is -3.40. The van der Waals surface area contributed by atoms with Gasteiger partial charge in [0.25, 0.3) is 0 Å². The number of rotatable bonds is 5. The van der Waals surface area contributed by atoms with Crippen molar-refractivity contribution < 1.29 is 17.9 Å². The molecule has 2 aromatic carbocycles. The maximum atomic E-state index is 12.0. The summed E-state index contributed by atoms with van der Waals surface area (Å²) in [6.45, 7) is 0.0864. The predicted molar refractivity (Wildman–Crippen MR) is 85.5 cm³/mol. The molecule has 5 nitrogen and oxygen atoms in total. The van der Waals surface area contributed by atoms with E-state index in [1.807, 2.05) is 0 Å². The largest absolute Gasteiger partial charge is 0.457 e. The van der Waals surface area contributed by atoms with Crippen molar-refractivity contribution in [2.45, 2.75) is 6.61 Å². The highest BCUT2D eigenvalue weighted by Crippen LogP contribution is 2.15. The third-order valence-corrected chi connectivity index (χ3v) is 3.50. The summed E-state index contributed by atoms with van der Waals surface area (Å²) < 4.78 is 29.9. The number of carbonyl (C=O) groups excluding carboxylic acids is 1. The lowest BCUT2D eigenvalue weighted by atomic mass is 10.2. The zero-order valence-corrected chi connectivity index (χ0v) is 13.3. The lowest BCUT2D eigenvalue weighted by Crippen LogP contribution is -2.11. The molecule has 116 valence electrons.